The average molecular weight is 1260 g/mol. The van der Waals surface area contributed by atoms with Crippen LogP contribution in [0.2, 0.25) is 0 Å². The van der Waals surface area contributed by atoms with Crippen molar-refractivity contribution in [3.05, 3.63) is 0 Å². The molecule has 0 saturated carbocycles. The van der Waals surface area contributed by atoms with E-state index in [4.69, 9.17) is 19.2 Å². The molecule has 0 spiro atoms. The minimum Gasteiger partial charge on any atom is -0.822 e. The number of aliphatic hydroxyl groups is 6. The maximum atomic E-state index is 9.57. The van der Waals surface area contributed by atoms with Crippen molar-refractivity contribution in [2.75, 3.05) is 118 Å². The molecule has 0 saturated heterocycles. The van der Waals surface area contributed by atoms with Crippen LogP contribution < -0.4 is 14.7 Å². The third-order valence-corrected chi connectivity index (χ3v) is 18.4. The molecule has 524 valence electrons. The van der Waals surface area contributed by atoms with Crippen molar-refractivity contribution in [3.8, 4) is 0 Å². The van der Waals surface area contributed by atoms with Crippen LogP contribution in [0, 0.1) is 0 Å². The number of nitrogens with zero attached hydrogens (tertiary/aromatic N) is 3. The molecular weight excluding hydrogens is 1100 g/mol. The van der Waals surface area contributed by atoms with Crippen molar-refractivity contribution >= 4 is 7.82 Å². The molecule has 0 atom stereocenters. The number of rotatable bonds is 66. The highest BCUT2D eigenvalue weighted by molar-refractivity contribution is 7.40. The SMILES string of the molecule is CCCCCCCCCCCC[N+](CCO)(CCO)CCCCCCCC.CCCCCCCCCCCC[N+](CCO)(CCO)CCCCCCCC.CCCCCCCCCCCC[N+](CCO)(CCO)CCCCCCCC.O=P([O-])([O-])[O-]. The van der Waals surface area contributed by atoms with Gasteiger partial charge in [0, 0.05) is 0 Å². The highest BCUT2D eigenvalue weighted by Crippen LogP contribution is 2.20. The van der Waals surface area contributed by atoms with Gasteiger partial charge in [-0.3, -0.25) is 0 Å². The highest BCUT2D eigenvalue weighted by Gasteiger charge is 2.28. The number of phosphoric acid groups is 1. The Morgan fingerprint density at radius 1 is 0.198 bits per heavy atom. The zero-order valence-electron chi connectivity index (χ0n) is 58.8. The molecule has 0 aliphatic carbocycles. The van der Waals surface area contributed by atoms with Gasteiger partial charge in [0.2, 0.25) is 0 Å². The first-order valence-electron chi connectivity index (χ1n) is 37.7. The van der Waals surface area contributed by atoms with Gasteiger partial charge in [-0.25, -0.2) is 0 Å². The molecule has 0 radical (unpaired) electrons. The second-order valence-electron chi connectivity index (χ2n) is 26.3. The van der Waals surface area contributed by atoms with Crippen LogP contribution in [-0.2, 0) is 4.57 Å². The van der Waals surface area contributed by atoms with E-state index in [2.05, 4.69) is 41.5 Å². The second-order valence-corrected chi connectivity index (χ2v) is 27.2. The standard InChI is InChI=1S/3C24H52NO2.H3O4P/c3*1-3-5-7-9-11-12-13-14-16-18-20-25(21-23-26,22-24-27)19-17-15-10-8-6-4-2;1-5(2,3)4/h3*26-27H,3-24H2,1-2H3;(H3,1,2,3,4)/q3*+1;/p-3. The third kappa shape index (κ3) is 71.2. The van der Waals surface area contributed by atoms with Gasteiger partial charge >= 0.3 is 0 Å². The molecule has 0 rings (SSSR count). The van der Waals surface area contributed by atoms with Gasteiger partial charge in [-0.1, -0.05) is 273 Å². The van der Waals surface area contributed by atoms with E-state index in [1.165, 1.54) is 308 Å². The van der Waals surface area contributed by atoms with Crippen molar-refractivity contribution in [2.45, 2.75) is 350 Å². The van der Waals surface area contributed by atoms with Crippen molar-refractivity contribution in [1.29, 1.82) is 0 Å². The second kappa shape index (κ2) is 73.8. The van der Waals surface area contributed by atoms with Gasteiger partial charge in [0.05, 0.1) is 78.9 Å². The Morgan fingerprint density at radius 3 is 0.384 bits per heavy atom. The predicted octanol–water partition coefficient (Wildman–Crippen LogP) is 15.4. The van der Waals surface area contributed by atoms with Crippen molar-refractivity contribution in [3.63, 3.8) is 0 Å². The minimum absolute atomic E-state index is 0.244. The quantitative estimate of drug-likeness (QED) is 0.0193. The molecule has 6 N–H and O–H groups in total. The van der Waals surface area contributed by atoms with E-state index < -0.39 is 7.82 Å². The Labute approximate surface area is 536 Å². The van der Waals surface area contributed by atoms with E-state index >= 15 is 0 Å². The lowest BCUT2D eigenvalue weighted by Gasteiger charge is -2.38. The molecule has 14 heteroatoms. The summed E-state index contributed by atoms with van der Waals surface area (Å²) in [5.74, 6) is 0. The van der Waals surface area contributed by atoms with Crippen LogP contribution in [0.15, 0.2) is 0 Å². The molecular formula is C72H156N3O10P. The first-order chi connectivity index (χ1) is 41.7. The Morgan fingerprint density at radius 2 is 0.291 bits per heavy atom. The van der Waals surface area contributed by atoms with Gasteiger partial charge in [-0.15, -0.1) is 0 Å². The topological polar surface area (TPSA) is 208 Å². The number of hydrogen-bond acceptors (Lipinski definition) is 10. The molecule has 0 aliphatic heterocycles. The van der Waals surface area contributed by atoms with Crippen LogP contribution in [-0.4, -0.2) is 162 Å². The van der Waals surface area contributed by atoms with E-state index in [1.54, 1.807) is 0 Å². The molecule has 0 amide bonds. The number of hydrogen-bond donors (Lipinski definition) is 6. The zero-order valence-corrected chi connectivity index (χ0v) is 59.7. The Bertz CT molecular complexity index is 1130. The van der Waals surface area contributed by atoms with Crippen LogP contribution >= 0.6 is 7.82 Å². The molecule has 0 aromatic rings. The lowest BCUT2D eigenvalue weighted by atomic mass is 10.1. The summed E-state index contributed by atoms with van der Waals surface area (Å²) in [6, 6.07) is 0. The molecule has 0 fully saturated rings. The van der Waals surface area contributed by atoms with Gasteiger partial charge in [-0.05, 0) is 77.0 Å². The molecule has 0 aromatic carbocycles. The number of unbranched alkanes of at least 4 members (excludes halogenated alkanes) is 42. The molecule has 0 unspecified atom stereocenters. The normalized spacial score (nSPS) is 12.0. The predicted molar refractivity (Wildman–Crippen MR) is 365 cm³/mol. The van der Waals surface area contributed by atoms with E-state index in [0.717, 1.165) is 92.0 Å². The smallest absolute Gasteiger partial charge is 0.102 e. The summed E-state index contributed by atoms with van der Waals surface area (Å²) in [6.45, 7) is 26.7. The molecule has 86 heavy (non-hydrogen) atoms. The summed E-state index contributed by atoms with van der Waals surface area (Å²) >= 11 is 0. The van der Waals surface area contributed by atoms with Crippen LogP contribution in [0.5, 0.6) is 0 Å². The van der Waals surface area contributed by atoms with Crippen molar-refractivity contribution in [1.82, 2.24) is 0 Å². The Kier molecular flexibility index (Phi) is 79.1. The fourth-order valence-electron chi connectivity index (χ4n) is 12.8. The fraction of sp³-hybridized carbons (Fsp3) is 1.00. The average Bonchev–Trinajstić information content (AvgIpc) is 3.64. The molecule has 13 nitrogen and oxygen atoms in total. The largest absolute Gasteiger partial charge is 0.822 e. The summed E-state index contributed by atoms with van der Waals surface area (Å²) in [6.07, 6.45) is 64.6. The first-order valence-corrected chi connectivity index (χ1v) is 39.1. The van der Waals surface area contributed by atoms with Crippen molar-refractivity contribution in [2.24, 2.45) is 0 Å². The summed E-state index contributed by atoms with van der Waals surface area (Å²) in [5.41, 5.74) is 0. The third-order valence-electron chi connectivity index (χ3n) is 18.4. The summed E-state index contributed by atoms with van der Waals surface area (Å²) in [5, 5.41) is 57.4. The van der Waals surface area contributed by atoms with Crippen molar-refractivity contribution < 1.29 is 63.3 Å². The van der Waals surface area contributed by atoms with E-state index in [0.29, 0.717) is 0 Å². The van der Waals surface area contributed by atoms with E-state index in [9.17, 15) is 30.6 Å². The molecule has 0 aliphatic rings. The number of aliphatic hydroxyl groups excluding tert-OH is 6. The minimum atomic E-state index is -5.39. The van der Waals surface area contributed by atoms with Gasteiger partial charge in [0.25, 0.3) is 0 Å². The molecule has 0 aromatic heterocycles. The van der Waals surface area contributed by atoms with Crippen LogP contribution in [0.4, 0.5) is 0 Å². The molecule has 0 bridgehead atoms. The number of quaternary nitrogens is 3. The van der Waals surface area contributed by atoms with Crippen LogP contribution in [0.3, 0.4) is 0 Å². The monoisotopic (exact) mass is 1250 g/mol. The highest BCUT2D eigenvalue weighted by atomic mass is 31.2. The summed E-state index contributed by atoms with van der Waals surface area (Å²) in [7, 11) is -5.39. The maximum Gasteiger partial charge on any atom is 0.102 e. The Balaban J connectivity index is -0.000000562. The van der Waals surface area contributed by atoms with Gasteiger partial charge in [-0.2, -0.15) is 7.82 Å². The summed E-state index contributed by atoms with van der Waals surface area (Å²) < 4.78 is 11.3. The first kappa shape index (κ1) is 92.2. The van der Waals surface area contributed by atoms with Gasteiger partial charge in [0.15, 0.2) is 0 Å². The van der Waals surface area contributed by atoms with Crippen LogP contribution in [0.1, 0.15) is 350 Å². The maximum absolute atomic E-state index is 9.57. The molecule has 0 heterocycles. The fourth-order valence-corrected chi connectivity index (χ4v) is 12.8. The lowest BCUT2D eigenvalue weighted by Crippen LogP contribution is -2.52. The summed E-state index contributed by atoms with van der Waals surface area (Å²) in [4.78, 5) is 25.6. The van der Waals surface area contributed by atoms with Gasteiger partial charge < -0.3 is 63.3 Å². The van der Waals surface area contributed by atoms with E-state index in [-0.39, 0.29) is 39.6 Å². The van der Waals surface area contributed by atoms with Gasteiger partial charge in [0.1, 0.15) is 39.3 Å². The lowest BCUT2D eigenvalue weighted by molar-refractivity contribution is -0.929. The Hall–Kier alpha value is -0.250. The van der Waals surface area contributed by atoms with Crippen LogP contribution in [0.25, 0.3) is 0 Å². The van der Waals surface area contributed by atoms with E-state index in [1.807, 2.05) is 0 Å². The zero-order chi connectivity index (χ0) is 64.7.